The molecular formula is C15H17N7O. The van der Waals surface area contributed by atoms with Crippen molar-refractivity contribution in [2.75, 3.05) is 13.1 Å². The van der Waals surface area contributed by atoms with Gasteiger partial charge in [-0.3, -0.25) is 14.6 Å². The van der Waals surface area contributed by atoms with Crippen molar-refractivity contribution in [2.45, 2.75) is 18.8 Å². The average molecular weight is 311 g/mol. The van der Waals surface area contributed by atoms with Crippen molar-refractivity contribution in [3.8, 4) is 0 Å². The summed E-state index contributed by atoms with van der Waals surface area (Å²) in [6.45, 7) is 1.40. The van der Waals surface area contributed by atoms with Crippen LogP contribution in [0.5, 0.6) is 0 Å². The number of carbonyl (C=O) groups is 1. The maximum absolute atomic E-state index is 12.6. The summed E-state index contributed by atoms with van der Waals surface area (Å²) < 4.78 is 1.65. The fourth-order valence-corrected chi connectivity index (χ4v) is 3.14. The average Bonchev–Trinajstić information content (AvgIpc) is 3.20. The Kier molecular flexibility index (Phi) is 3.29. The molecule has 3 aromatic rings. The van der Waals surface area contributed by atoms with Gasteiger partial charge >= 0.3 is 0 Å². The zero-order valence-corrected chi connectivity index (χ0v) is 12.8. The summed E-state index contributed by atoms with van der Waals surface area (Å²) in [6.07, 6.45) is 7.03. The summed E-state index contributed by atoms with van der Waals surface area (Å²) in [5.41, 5.74) is 2.87. The van der Waals surface area contributed by atoms with E-state index in [-0.39, 0.29) is 11.8 Å². The van der Waals surface area contributed by atoms with Crippen LogP contribution in [0, 0.1) is 0 Å². The number of likely N-dealkylation sites (tertiary alicyclic amines) is 1. The molecule has 0 radical (unpaired) electrons. The number of rotatable bonds is 2. The smallest absolute Gasteiger partial charge is 0.274 e. The van der Waals surface area contributed by atoms with Crippen LogP contribution in [0.3, 0.4) is 0 Å². The Hall–Kier alpha value is -2.77. The Morgan fingerprint density at radius 1 is 1.35 bits per heavy atom. The third kappa shape index (κ3) is 2.45. The zero-order chi connectivity index (χ0) is 15.8. The van der Waals surface area contributed by atoms with E-state index in [1.165, 1.54) is 0 Å². The number of amides is 1. The largest absolute Gasteiger partial charge is 0.337 e. The highest BCUT2D eigenvalue weighted by atomic mass is 16.2. The van der Waals surface area contributed by atoms with Crippen LogP contribution in [-0.4, -0.2) is 53.8 Å². The Balaban J connectivity index is 1.58. The van der Waals surface area contributed by atoms with E-state index in [2.05, 4.69) is 25.3 Å². The van der Waals surface area contributed by atoms with Crippen LogP contribution in [0.4, 0.5) is 0 Å². The van der Waals surface area contributed by atoms with Crippen LogP contribution < -0.4 is 0 Å². The van der Waals surface area contributed by atoms with Crippen LogP contribution >= 0.6 is 0 Å². The van der Waals surface area contributed by atoms with Crippen molar-refractivity contribution in [3.63, 3.8) is 0 Å². The summed E-state index contributed by atoms with van der Waals surface area (Å²) in [5.74, 6) is 0.170. The number of carbonyl (C=O) groups excluding carboxylic acids is 1. The summed E-state index contributed by atoms with van der Waals surface area (Å²) >= 11 is 0. The van der Waals surface area contributed by atoms with E-state index in [0.717, 1.165) is 30.6 Å². The molecule has 4 rings (SSSR count). The molecule has 4 heterocycles. The number of H-pyrrole nitrogens is 1. The van der Waals surface area contributed by atoms with Crippen LogP contribution in [0.15, 0.2) is 24.7 Å². The number of aromatic amines is 1. The van der Waals surface area contributed by atoms with Gasteiger partial charge < -0.3 is 4.90 Å². The SMILES string of the molecule is Cn1ccc(C(=O)N2CCCC(c3[nH]nc4nccnc34)C2)n1. The van der Waals surface area contributed by atoms with Crippen LogP contribution in [0.25, 0.3) is 11.2 Å². The van der Waals surface area contributed by atoms with Gasteiger partial charge in [0.15, 0.2) is 5.65 Å². The summed E-state index contributed by atoms with van der Waals surface area (Å²) in [7, 11) is 1.81. The Morgan fingerprint density at radius 2 is 2.22 bits per heavy atom. The van der Waals surface area contributed by atoms with Crippen LogP contribution in [0.2, 0.25) is 0 Å². The summed E-state index contributed by atoms with van der Waals surface area (Å²) in [5, 5.41) is 11.5. The zero-order valence-electron chi connectivity index (χ0n) is 12.8. The monoisotopic (exact) mass is 311 g/mol. The molecule has 0 spiro atoms. The van der Waals surface area contributed by atoms with Crippen LogP contribution in [-0.2, 0) is 7.05 Å². The van der Waals surface area contributed by atoms with Crippen molar-refractivity contribution >= 4 is 17.1 Å². The van der Waals surface area contributed by atoms with E-state index in [0.29, 0.717) is 17.9 Å². The molecule has 1 unspecified atom stereocenters. The molecule has 8 heteroatoms. The first-order chi connectivity index (χ1) is 11.2. The number of nitrogens with zero attached hydrogens (tertiary/aromatic N) is 6. The van der Waals surface area contributed by atoms with Gasteiger partial charge in [0.1, 0.15) is 11.2 Å². The second-order valence-electron chi connectivity index (χ2n) is 5.83. The molecular weight excluding hydrogens is 294 g/mol. The van der Waals surface area contributed by atoms with E-state index >= 15 is 0 Å². The maximum Gasteiger partial charge on any atom is 0.274 e. The molecule has 1 aliphatic rings. The van der Waals surface area contributed by atoms with Gasteiger partial charge in [-0.25, -0.2) is 9.97 Å². The number of nitrogens with one attached hydrogen (secondary N) is 1. The summed E-state index contributed by atoms with van der Waals surface area (Å²) in [6, 6.07) is 1.75. The normalized spacial score (nSPS) is 18.5. The van der Waals surface area contributed by atoms with E-state index in [1.54, 1.807) is 29.3 Å². The number of fused-ring (bicyclic) bond motifs is 1. The molecule has 0 saturated carbocycles. The van der Waals surface area contributed by atoms with Crippen molar-refractivity contribution < 1.29 is 4.79 Å². The van der Waals surface area contributed by atoms with Gasteiger partial charge in [-0.15, -0.1) is 0 Å². The number of hydrogen-bond acceptors (Lipinski definition) is 5. The highest BCUT2D eigenvalue weighted by Gasteiger charge is 2.29. The predicted molar refractivity (Wildman–Crippen MR) is 82.8 cm³/mol. The van der Waals surface area contributed by atoms with Gasteiger partial charge in [-0.1, -0.05) is 0 Å². The first-order valence-corrected chi connectivity index (χ1v) is 7.66. The molecule has 1 fully saturated rings. The molecule has 1 saturated heterocycles. The Labute approximate surface area is 132 Å². The molecule has 0 bridgehead atoms. The molecule has 0 aromatic carbocycles. The third-order valence-electron chi connectivity index (χ3n) is 4.27. The minimum Gasteiger partial charge on any atom is -0.337 e. The lowest BCUT2D eigenvalue weighted by Crippen LogP contribution is -2.39. The van der Waals surface area contributed by atoms with E-state index < -0.39 is 0 Å². The number of aromatic nitrogens is 6. The van der Waals surface area contributed by atoms with E-state index in [1.807, 2.05) is 11.9 Å². The van der Waals surface area contributed by atoms with Crippen molar-refractivity contribution in [1.29, 1.82) is 0 Å². The molecule has 1 atom stereocenters. The minimum atomic E-state index is -0.0230. The lowest BCUT2D eigenvalue weighted by Gasteiger charge is -2.31. The molecule has 1 amide bonds. The fourth-order valence-electron chi connectivity index (χ4n) is 3.14. The molecule has 0 aliphatic carbocycles. The quantitative estimate of drug-likeness (QED) is 0.765. The van der Waals surface area contributed by atoms with Crippen molar-refractivity contribution in [2.24, 2.45) is 7.05 Å². The van der Waals surface area contributed by atoms with Crippen molar-refractivity contribution in [1.82, 2.24) is 34.8 Å². The number of aryl methyl sites for hydroxylation is 1. The van der Waals surface area contributed by atoms with Gasteiger partial charge in [0.2, 0.25) is 0 Å². The lowest BCUT2D eigenvalue weighted by atomic mass is 9.94. The standard InChI is InChI=1S/C15H17N7O/c1-21-8-4-11(20-21)15(23)22-7-2-3-10(9-22)12-13-14(19-18-12)17-6-5-16-13/h4-6,8,10H,2-3,7,9H2,1H3,(H,17,18,19). The third-order valence-corrected chi connectivity index (χ3v) is 4.27. The van der Waals surface area contributed by atoms with Gasteiger partial charge in [0, 0.05) is 44.6 Å². The molecule has 1 aliphatic heterocycles. The van der Waals surface area contributed by atoms with E-state index in [9.17, 15) is 4.79 Å². The van der Waals surface area contributed by atoms with Gasteiger partial charge in [-0.05, 0) is 18.9 Å². The minimum absolute atomic E-state index is 0.0230. The first-order valence-electron chi connectivity index (χ1n) is 7.66. The predicted octanol–water partition coefficient (Wildman–Crippen LogP) is 1.11. The van der Waals surface area contributed by atoms with Gasteiger partial charge in [-0.2, -0.15) is 10.2 Å². The molecule has 8 nitrogen and oxygen atoms in total. The Morgan fingerprint density at radius 3 is 3.04 bits per heavy atom. The first kappa shape index (κ1) is 13.9. The molecule has 118 valence electrons. The molecule has 1 N–H and O–H groups in total. The molecule has 23 heavy (non-hydrogen) atoms. The Bertz CT molecular complexity index is 852. The van der Waals surface area contributed by atoms with Crippen molar-refractivity contribution in [3.05, 3.63) is 36.0 Å². The maximum atomic E-state index is 12.6. The topological polar surface area (TPSA) is 92.6 Å². The second-order valence-corrected chi connectivity index (χ2v) is 5.83. The number of piperidine rings is 1. The van der Waals surface area contributed by atoms with Crippen LogP contribution in [0.1, 0.15) is 34.9 Å². The highest BCUT2D eigenvalue weighted by molar-refractivity contribution is 5.92. The highest BCUT2D eigenvalue weighted by Crippen LogP contribution is 2.29. The fraction of sp³-hybridized carbons (Fsp3) is 0.400. The van der Waals surface area contributed by atoms with E-state index in [4.69, 9.17) is 0 Å². The second kappa shape index (κ2) is 5.45. The van der Waals surface area contributed by atoms with Gasteiger partial charge in [0.05, 0.1) is 5.69 Å². The van der Waals surface area contributed by atoms with Gasteiger partial charge in [0.25, 0.3) is 5.91 Å². The lowest BCUT2D eigenvalue weighted by molar-refractivity contribution is 0.0699. The summed E-state index contributed by atoms with van der Waals surface area (Å²) in [4.78, 5) is 23.0. The number of hydrogen-bond donors (Lipinski definition) is 1. The molecule has 3 aromatic heterocycles.